The fourth-order valence-electron chi connectivity index (χ4n) is 3.63. The molecule has 6 heteroatoms. The second-order valence-electron chi connectivity index (χ2n) is 6.91. The second kappa shape index (κ2) is 8.70. The van der Waals surface area contributed by atoms with E-state index in [4.69, 9.17) is 4.74 Å². The lowest BCUT2D eigenvalue weighted by Gasteiger charge is -2.31. The molecule has 0 radical (unpaired) electrons. The molecule has 2 heterocycles. The number of thiophene rings is 1. The quantitative estimate of drug-likeness (QED) is 0.888. The van der Waals surface area contributed by atoms with E-state index in [1.807, 2.05) is 6.92 Å². The van der Waals surface area contributed by atoms with E-state index in [1.165, 1.54) is 36.1 Å². The van der Waals surface area contributed by atoms with Crippen LogP contribution in [0, 0.1) is 0 Å². The molecule has 0 spiro atoms. The zero-order chi connectivity index (χ0) is 17.6. The number of carbonyl (C=O) groups excluding carboxylic acids is 2. The van der Waals surface area contributed by atoms with E-state index in [1.54, 1.807) is 16.2 Å². The van der Waals surface area contributed by atoms with Crippen LogP contribution in [0.5, 0.6) is 0 Å². The van der Waals surface area contributed by atoms with Crippen molar-refractivity contribution in [3.8, 4) is 0 Å². The van der Waals surface area contributed by atoms with Crippen LogP contribution in [0.15, 0.2) is 6.07 Å². The van der Waals surface area contributed by atoms with Gasteiger partial charge in [-0.15, -0.1) is 11.3 Å². The Kier molecular flexibility index (Phi) is 6.34. The van der Waals surface area contributed by atoms with Crippen molar-refractivity contribution in [3.05, 3.63) is 21.4 Å². The first-order valence-electron chi connectivity index (χ1n) is 9.51. The summed E-state index contributed by atoms with van der Waals surface area (Å²) in [5, 5.41) is 3.16. The number of nitrogens with one attached hydrogen (secondary N) is 1. The Morgan fingerprint density at radius 1 is 1.20 bits per heavy atom. The van der Waals surface area contributed by atoms with Gasteiger partial charge in [-0.1, -0.05) is 12.8 Å². The summed E-state index contributed by atoms with van der Waals surface area (Å²) in [7, 11) is 0. The first-order valence-corrected chi connectivity index (χ1v) is 10.3. The Labute approximate surface area is 153 Å². The van der Waals surface area contributed by atoms with Crippen molar-refractivity contribution in [2.75, 3.05) is 19.7 Å². The van der Waals surface area contributed by atoms with Crippen LogP contribution in [-0.4, -0.2) is 42.6 Å². The summed E-state index contributed by atoms with van der Waals surface area (Å²) in [5.74, 6) is 0.0475. The molecule has 0 saturated carbocycles. The first-order chi connectivity index (χ1) is 12.2. The predicted octanol–water partition coefficient (Wildman–Crippen LogP) is 3.76. The van der Waals surface area contributed by atoms with Gasteiger partial charge in [0, 0.05) is 24.0 Å². The van der Waals surface area contributed by atoms with Crippen molar-refractivity contribution in [2.45, 2.75) is 64.3 Å². The normalized spacial score (nSPS) is 18.8. The van der Waals surface area contributed by atoms with Crippen LogP contribution in [0.25, 0.3) is 0 Å². The molecule has 2 amide bonds. The van der Waals surface area contributed by atoms with Crippen LogP contribution in [0.2, 0.25) is 0 Å². The van der Waals surface area contributed by atoms with Crippen LogP contribution in [0.4, 0.5) is 4.79 Å². The molecule has 138 valence electrons. The number of rotatable bonds is 3. The molecule has 1 N–H and O–H groups in total. The summed E-state index contributed by atoms with van der Waals surface area (Å²) >= 11 is 1.67. The van der Waals surface area contributed by atoms with Crippen molar-refractivity contribution in [1.29, 1.82) is 0 Å². The highest BCUT2D eigenvalue weighted by Gasteiger charge is 2.25. The van der Waals surface area contributed by atoms with Crippen LogP contribution in [0.3, 0.4) is 0 Å². The van der Waals surface area contributed by atoms with E-state index < -0.39 is 0 Å². The number of likely N-dealkylation sites (tertiary alicyclic amines) is 1. The average molecular weight is 365 g/mol. The maximum Gasteiger partial charge on any atom is 0.409 e. The lowest BCUT2D eigenvalue weighted by molar-refractivity contribution is 0.0862. The molecular weight excluding hydrogens is 336 g/mol. The maximum absolute atomic E-state index is 12.6. The van der Waals surface area contributed by atoms with Crippen LogP contribution >= 0.6 is 11.3 Å². The largest absolute Gasteiger partial charge is 0.450 e. The molecule has 5 nitrogen and oxygen atoms in total. The van der Waals surface area contributed by atoms with Gasteiger partial charge in [-0.05, 0) is 57.1 Å². The standard InChI is InChI=1S/C19H28N2O3S/c1-2-24-19(23)21-11-9-15(10-12-21)20-18(22)17-13-14-7-5-3-4-6-8-16(14)25-17/h13,15H,2-12H2,1H3,(H,20,22). The highest BCUT2D eigenvalue weighted by molar-refractivity contribution is 7.14. The van der Waals surface area contributed by atoms with Gasteiger partial charge in [-0.25, -0.2) is 4.79 Å². The highest BCUT2D eigenvalue weighted by atomic mass is 32.1. The van der Waals surface area contributed by atoms with E-state index >= 15 is 0 Å². The van der Waals surface area contributed by atoms with Crippen molar-refractivity contribution in [2.24, 2.45) is 0 Å². The number of aryl methyl sites for hydroxylation is 2. The van der Waals surface area contributed by atoms with Crippen LogP contribution in [0.1, 0.15) is 65.6 Å². The van der Waals surface area contributed by atoms with E-state index in [9.17, 15) is 9.59 Å². The minimum Gasteiger partial charge on any atom is -0.450 e. The molecule has 1 saturated heterocycles. The number of piperidine rings is 1. The molecule has 0 bridgehead atoms. The van der Waals surface area contributed by atoms with Crippen LogP contribution in [-0.2, 0) is 17.6 Å². The lowest BCUT2D eigenvalue weighted by Crippen LogP contribution is -2.46. The third-order valence-corrected chi connectivity index (χ3v) is 6.31. The number of ether oxygens (including phenoxy) is 1. The van der Waals surface area contributed by atoms with Gasteiger partial charge in [-0.2, -0.15) is 0 Å². The monoisotopic (exact) mass is 364 g/mol. The molecule has 1 aromatic rings. The number of nitrogens with zero attached hydrogens (tertiary/aromatic N) is 1. The number of hydrogen-bond donors (Lipinski definition) is 1. The maximum atomic E-state index is 12.6. The van der Waals surface area contributed by atoms with Gasteiger partial charge in [0.15, 0.2) is 0 Å². The average Bonchev–Trinajstić information content (AvgIpc) is 2.98. The Balaban J connectivity index is 1.53. The van der Waals surface area contributed by atoms with Gasteiger partial charge < -0.3 is 15.0 Å². The Hall–Kier alpha value is -1.56. The molecule has 1 fully saturated rings. The second-order valence-corrected chi connectivity index (χ2v) is 8.04. The molecule has 25 heavy (non-hydrogen) atoms. The highest BCUT2D eigenvalue weighted by Crippen LogP contribution is 2.28. The van der Waals surface area contributed by atoms with Crippen molar-refractivity contribution in [3.63, 3.8) is 0 Å². The predicted molar refractivity (Wildman–Crippen MR) is 99.3 cm³/mol. The van der Waals surface area contributed by atoms with E-state index in [2.05, 4.69) is 11.4 Å². The topological polar surface area (TPSA) is 58.6 Å². The van der Waals surface area contributed by atoms with E-state index in [-0.39, 0.29) is 18.0 Å². The van der Waals surface area contributed by atoms with Gasteiger partial charge in [0.1, 0.15) is 0 Å². The molecule has 0 atom stereocenters. The van der Waals surface area contributed by atoms with E-state index in [0.717, 1.165) is 30.6 Å². The van der Waals surface area contributed by atoms with Crippen molar-refractivity contribution < 1.29 is 14.3 Å². The summed E-state index contributed by atoms with van der Waals surface area (Å²) < 4.78 is 5.04. The fraction of sp³-hybridized carbons (Fsp3) is 0.684. The molecule has 2 aliphatic rings. The fourth-order valence-corrected chi connectivity index (χ4v) is 4.79. The van der Waals surface area contributed by atoms with Gasteiger partial charge in [0.25, 0.3) is 5.91 Å². The molecule has 1 aliphatic heterocycles. The van der Waals surface area contributed by atoms with Crippen molar-refractivity contribution >= 4 is 23.3 Å². The zero-order valence-corrected chi connectivity index (χ0v) is 15.8. The zero-order valence-electron chi connectivity index (χ0n) is 15.0. The third kappa shape index (κ3) is 4.75. The Morgan fingerprint density at radius 3 is 2.64 bits per heavy atom. The molecule has 0 unspecified atom stereocenters. The summed E-state index contributed by atoms with van der Waals surface area (Å²) in [5.41, 5.74) is 1.38. The lowest BCUT2D eigenvalue weighted by atomic mass is 9.99. The van der Waals surface area contributed by atoms with Gasteiger partial charge in [0.2, 0.25) is 0 Å². The number of carbonyl (C=O) groups is 2. The molecule has 1 aromatic heterocycles. The SMILES string of the molecule is CCOC(=O)N1CCC(NC(=O)c2cc3c(s2)CCCCCC3)CC1. The summed E-state index contributed by atoms with van der Waals surface area (Å²) in [6.45, 7) is 3.50. The molecular formula is C19H28N2O3S. The van der Waals surface area contributed by atoms with Gasteiger partial charge in [-0.3, -0.25) is 4.79 Å². The summed E-state index contributed by atoms with van der Waals surface area (Å²) in [6, 6.07) is 2.25. The third-order valence-electron chi connectivity index (χ3n) is 5.08. The van der Waals surface area contributed by atoms with Gasteiger partial charge in [0.05, 0.1) is 11.5 Å². The molecule has 0 aromatic carbocycles. The smallest absolute Gasteiger partial charge is 0.409 e. The Morgan fingerprint density at radius 2 is 1.92 bits per heavy atom. The minimum atomic E-state index is -0.245. The number of fused-ring (bicyclic) bond motifs is 1. The van der Waals surface area contributed by atoms with Gasteiger partial charge >= 0.3 is 6.09 Å². The number of hydrogen-bond acceptors (Lipinski definition) is 4. The minimum absolute atomic E-state index is 0.0475. The Bertz CT molecular complexity index is 580. The summed E-state index contributed by atoms with van der Waals surface area (Å²) in [4.78, 5) is 28.3. The number of amides is 2. The van der Waals surface area contributed by atoms with Crippen LogP contribution < -0.4 is 5.32 Å². The van der Waals surface area contributed by atoms with Crippen molar-refractivity contribution in [1.82, 2.24) is 10.2 Å². The molecule has 1 aliphatic carbocycles. The summed E-state index contributed by atoms with van der Waals surface area (Å²) in [6.07, 6.45) is 8.63. The first kappa shape index (κ1) is 18.2. The molecule has 3 rings (SSSR count). The van der Waals surface area contributed by atoms with E-state index in [0.29, 0.717) is 19.7 Å².